The highest BCUT2D eigenvalue weighted by atomic mass is 15.2. The summed E-state index contributed by atoms with van der Waals surface area (Å²) >= 11 is 0. The van der Waals surface area contributed by atoms with Gasteiger partial charge in [0.2, 0.25) is 0 Å². The Morgan fingerprint density at radius 2 is 1.93 bits per heavy atom. The molecule has 0 radical (unpaired) electrons. The summed E-state index contributed by atoms with van der Waals surface area (Å²) in [5.74, 6) is 1.66. The predicted molar refractivity (Wildman–Crippen MR) is 64.7 cm³/mol. The third-order valence-electron chi connectivity index (χ3n) is 4.53. The van der Waals surface area contributed by atoms with Crippen LogP contribution in [0.4, 0.5) is 0 Å². The SMILES string of the molecule is CC(N)C(C)CN1CCCC2CCCC21. The topological polar surface area (TPSA) is 29.3 Å². The normalized spacial score (nSPS) is 36.2. The molecule has 1 saturated carbocycles. The summed E-state index contributed by atoms with van der Waals surface area (Å²) in [4.78, 5) is 2.73. The van der Waals surface area contributed by atoms with Gasteiger partial charge in [-0.2, -0.15) is 0 Å². The standard InChI is InChI=1S/C13H26N2/c1-10(11(2)14)9-15-8-4-6-12-5-3-7-13(12)15/h10-13H,3-9,14H2,1-2H3. The summed E-state index contributed by atoms with van der Waals surface area (Å²) in [5.41, 5.74) is 5.96. The molecule has 1 heterocycles. The van der Waals surface area contributed by atoms with Crippen molar-refractivity contribution in [3.8, 4) is 0 Å². The van der Waals surface area contributed by atoms with Crippen molar-refractivity contribution in [1.29, 1.82) is 0 Å². The zero-order valence-corrected chi connectivity index (χ0v) is 10.3. The van der Waals surface area contributed by atoms with Gasteiger partial charge in [-0.05, 0) is 51.0 Å². The van der Waals surface area contributed by atoms with Crippen LogP contribution in [-0.4, -0.2) is 30.1 Å². The lowest BCUT2D eigenvalue weighted by Gasteiger charge is -2.39. The van der Waals surface area contributed by atoms with Crippen molar-refractivity contribution >= 4 is 0 Å². The summed E-state index contributed by atoms with van der Waals surface area (Å²) < 4.78 is 0. The first kappa shape index (κ1) is 11.4. The average molecular weight is 210 g/mol. The Labute approximate surface area is 94.2 Å². The molecule has 0 aromatic rings. The number of fused-ring (bicyclic) bond motifs is 1. The minimum absolute atomic E-state index is 0.340. The molecular weight excluding hydrogens is 184 g/mol. The van der Waals surface area contributed by atoms with Gasteiger partial charge in [-0.1, -0.05) is 13.3 Å². The molecule has 0 aromatic heterocycles. The molecule has 2 heteroatoms. The number of nitrogens with two attached hydrogens (primary N) is 1. The maximum atomic E-state index is 5.96. The molecule has 0 bridgehead atoms. The van der Waals surface area contributed by atoms with E-state index in [1.54, 1.807) is 0 Å². The first-order chi connectivity index (χ1) is 7.18. The van der Waals surface area contributed by atoms with E-state index in [9.17, 15) is 0 Å². The number of rotatable bonds is 3. The van der Waals surface area contributed by atoms with Gasteiger partial charge >= 0.3 is 0 Å². The van der Waals surface area contributed by atoms with Crippen LogP contribution >= 0.6 is 0 Å². The number of hydrogen-bond acceptors (Lipinski definition) is 2. The Balaban J connectivity index is 1.90. The van der Waals surface area contributed by atoms with Crippen molar-refractivity contribution in [1.82, 2.24) is 4.90 Å². The van der Waals surface area contributed by atoms with E-state index in [2.05, 4.69) is 18.7 Å². The molecule has 88 valence electrons. The summed E-state index contributed by atoms with van der Waals surface area (Å²) in [6.45, 7) is 6.97. The second kappa shape index (κ2) is 4.84. The molecule has 2 fully saturated rings. The smallest absolute Gasteiger partial charge is 0.0124 e. The fourth-order valence-electron chi connectivity index (χ4n) is 3.32. The van der Waals surface area contributed by atoms with Gasteiger partial charge in [0.15, 0.2) is 0 Å². The quantitative estimate of drug-likeness (QED) is 0.774. The maximum absolute atomic E-state index is 5.96. The Kier molecular flexibility index (Phi) is 3.68. The van der Waals surface area contributed by atoms with E-state index >= 15 is 0 Å². The zero-order valence-electron chi connectivity index (χ0n) is 10.3. The third kappa shape index (κ3) is 2.54. The highest BCUT2D eigenvalue weighted by molar-refractivity contribution is 4.90. The summed E-state index contributed by atoms with van der Waals surface area (Å²) in [6.07, 6.45) is 7.27. The van der Waals surface area contributed by atoms with Crippen molar-refractivity contribution in [3.63, 3.8) is 0 Å². The Bertz CT molecular complexity index is 203. The van der Waals surface area contributed by atoms with Crippen LogP contribution in [0.2, 0.25) is 0 Å². The van der Waals surface area contributed by atoms with Crippen LogP contribution in [-0.2, 0) is 0 Å². The highest BCUT2D eigenvalue weighted by Gasteiger charge is 2.35. The molecule has 1 aliphatic heterocycles. The van der Waals surface area contributed by atoms with Gasteiger partial charge in [-0.25, -0.2) is 0 Å². The van der Waals surface area contributed by atoms with E-state index in [-0.39, 0.29) is 0 Å². The second-order valence-electron chi connectivity index (χ2n) is 5.73. The van der Waals surface area contributed by atoms with E-state index < -0.39 is 0 Å². The molecule has 4 unspecified atom stereocenters. The molecule has 1 saturated heterocycles. The molecule has 0 amide bonds. The molecule has 15 heavy (non-hydrogen) atoms. The van der Waals surface area contributed by atoms with E-state index in [0.29, 0.717) is 12.0 Å². The van der Waals surface area contributed by atoms with E-state index in [1.807, 2.05) is 0 Å². The van der Waals surface area contributed by atoms with Gasteiger partial charge in [0, 0.05) is 18.6 Å². The average Bonchev–Trinajstić information content (AvgIpc) is 2.66. The Hall–Kier alpha value is -0.0800. The molecule has 4 atom stereocenters. The Morgan fingerprint density at radius 3 is 2.67 bits per heavy atom. The first-order valence-electron chi connectivity index (χ1n) is 6.68. The molecule has 2 nitrogen and oxygen atoms in total. The van der Waals surface area contributed by atoms with E-state index in [0.717, 1.165) is 12.0 Å². The highest BCUT2D eigenvalue weighted by Crippen LogP contribution is 2.36. The predicted octanol–water partition coefficient (Wildman–Crippen LogP) is 2.23. The lowest BCUT2D eigenvalue weighted by molar-refractivity contribution is 0.0937. The van der Waals surface area contributed by atoms with Gasteiger partial charge in [0.1, 0.15) is 0 Å². The fraction of sp³-hybridized carbons (Fsp3) is 1.00. The number of hydrogen-bond donors (Lipinski definition) is 1. The Morgan fingerprint density at radius 1 is 1.20 bits per heavy atom. The summed E-state index contributed by atoms with van der Waals surface area (Å²) in [5, 5.41) is 0. The van der Waals surface area contributed by atoms with Crippen molar-refractivity contribution in [3.05, 3.63) is 0 Å². The van der Waals surface area contributed by atoms with Gasteiger partial charge < -0.3 is 5.73 Å². The van der Waals surface area contributed by atoms with Gasteiger partial charge in [-0.15, -0.1) is 0 Å². The third-order valence-corrected chi connectivity index (χ3v) is 4.53. The molecule has 1 aliphatic carbocycles. The van der Waals surface area contributed by atoms with Gasteiger partial charge in [-0.3, -0.25) is 4.90 Å². The fourth-order valence-corrected chi connectivity index (χ4v) is 3.32. The van der Waals surface area contributed by atoms with Crippen molar-refractivity contribution in [2.45, 2.75) is 58.0 Å². The minimum atomic E-state index is 0.340. The molecule has 0 aromatic carbocycles. The van der Waals surface area contributed by atoms with Crippen LogP contribution in [0.5, 0.6) is 0 Å². The van der Waals surface area contributed by atoms with Gasteiger partial charge in [0.25, 0.3) is 0 Å². The number of piperidine rings is 1. The summed E-state index contributed by atoms with van der Waals surface area (Å²) in [6, 6.07) is 1.24. The van der Waals surface area contributed by atoms with Crippen molar-refractivity contribution in [2.75, 3.05) is 13.1 Å². The zero-order chi connectivity index (χ0) is 10.8. The van der Waals surface area contributed by atoms with Crippen molar-refractivity contribution in [2.24, 2.45) is 17.6 Å². The van der Waals surface area contributed by atoms with Gasteiger partial charge in [0.05, 0.1) is 0 Å². The number of nitrogens with zero attached hydrogens (tertiary/aromatic N) is 1. The first-order valence-corrected chi connectivity index (χ1v) is 6.68. The molecule has 2 aliphatic rings. The second-order valence-corrected chi connectivity index (χ2v) is 5.73. The minimum Gasteiger partial charge on any atom is -0.328 e. The van der Waals surface area contributed by atoms with Crippen molar-refractivity contribution < 1.29 is 0 Å². The van der Waals surface area contributed by atoms with Crippen LogP contribution in [0, 0.1) is 11.8 Å². The van der Waals surface area contributed by atoms with E-state index in [1.165, 1.54) is 45.2 Å². The van der Waals surface area contributed by atoms with Crippen LogP contribution in [0.3, 0.4) is 0 Å². The van der Waals surface area contributed by atoms with Crippen LogP contribution < -0.4 is 5.73 Å². The lowest BCUT2D eigenvalue weighted by atomic mass is 9.90. The maximum Gasteiger partial charge on any atom is 0.0124 e. The molecular formula is C13H26N2. The lowest BCUT2D eigenvalue weighted by Crippen LogP contribution is -2.46. The van der Waals surface area contributed by atoms with Crippen LogP contribution in [0.15, 0.2) is 0 Å². The molecule has 2 N–H and O–H groups in total. The molecule has 0 spiro atoms. The monoisotopic (exact) mass is 210 g/mol. The summed E-state index contributed by atoms with van der Waals surface area (Å²) in [7, 11) is 0. The van der Waals surface area contributed by atoms with Crippen LogP contribution in [0.25, 0.3) is 0 Å². The number of likely N-dealkylation sites (tertiary alicyclic amines) is 1. The molecule has 2 rings (SSSR count). The van der Waals surface area contributed by atoms with E-state index in [4.69, 9.17) is 5.73 Å². The van der Waals surface area contributed by atoms with Crippen LogP contribution in [0.1, 0.15) is 46.0 Å². The largest absolute Gasteiger partial charge is 0.328 e.